The molecular formula is C18H16FIN2O. The van der Waals surface area contributed by atoms with Crippen LogP contribution in [-0.4, -0.2) is 9.55 Å². The highest BCUT2D eigenvalue weighted by molar-refractivity contribution is 14.1. The molecule has 3 rings (SSSR count). The average molecular weight is 422 g/mol. The number of rotatable bonds is 2. The van der Waals surface area contributed by atoms with Crippen molar-refractivity contribution in [2.45, 2.75) is 27.2 Å². The second kappa shape index (κ2) is 6.03. The number of fused-ring (bicyclic) bond motifs is 1. The van der Waals surface area contributed by atoms with Crippen LogP contribution in [0.4, 0.5) is 4.39 Å². The predicted octanol–water partition coefficient (Wildman–Crippen LogP) is 4.31. The van der Waals surface area contributed by atoms with Crippen LogP contribution in [0.5, 0.6) is 0 Å². The van der Waals surface area contributed by atoms with Crippen molar-refractivity contribution in [3.8, 4) is 5.69 Å². The number of aromatic nitrogens is 2. The molecule has 23 heavy (non-hydrogen) atoms. The van der Waals surface area contributed by atoms with Crippen molar-refractivity contribution in [3.63, 3.8) is 0 Å². The summed E-state index contributed by atoms with van der Waals surface area (Å²) in [6.07, 6.45) is 0.590. The van der Waals surface area contributed by atoms with E-state index in [0.29, 0.717) is 26.7 Å². The first kappa shape index (κ1) is 16.1. The van der Waals surface area contributed by atoms with Gasteiger partial charge in [-0.3, -0.25) is 9.36 Å². The molecular weight excluding hydrogens is 406 g/mol. The normalized spacial score (nSPS) is 11.2. The highest BCUT2D eigenvalue weighted by Gasteiger charge is 2.16. The van der Waals surface area contributed by atoms with E-state index in [9.17, 15) is 9.18 Å². The Bertz CT molecular complexity index is 959. The Morgan fingerprint density at radius 2 is 1.87 bits per heavy atom. The van der Waals surface area contributed by atoms with E-state index in [-0.39, 0.29) is 11.4 Å². The van der Waals surface area contributed by atoms with E-state index in [1.807, 2.05) is 61.6 Å². The van der Waals surface area contributed by atoms with Crippen LogP contribution in [0.15, 0.2) is 35.1 Å². The van der Waals surface area contributed by atoms with Gasteiger partial charge in [-0.25, -0.2) is 9.37 Å². The maximum Gasteiger partial charge on any atom is 0.266 e. The third kappa shape index (κ3) is 2.67. The largest absolute Gasteiger partial charge is 0.268 e. The molecule has 0 atom stereocenters. The number of nitrogens with zero attached hydrogens (tertiary/aromatic N) is 2. The molecule has 0 saturated carbocycles. The number of hydrogen-bond acceptors (Lipinski definition) is 2. The van der Waals surface area contributed by atoms with Crippen molar-refractivity contribution in [1.82, 2.24) is 9.55 Å². The van der Waals surface area contributed by atoms with Crippen molar-refractivity contribution in [2.24, 2.45) is 0 Å². The molecule has 0 unspecified atom stereocenters. The van der Waals surface area contributed by atoms with Crippen LogP contribution in [0, 0.1) is 23.2 Å². The van der Waals surface area contributed by atoms with Gasteiger partial charge in [-0.15, -0.1) is 0 Å². The van der Waals surface area contributed by atoms with E-state index in [1.165, 1.54) is 6.07 Å². The summed E-state index contributed by atoms with van der Waals surface area (Å²) in [7, 11) is 0. The lowest BCUT2D eigenvalue weighted by molar-refractivity contribution is 0.621. The molecule has 1 heterocycles. The molecule has 118 valence electrons. The number of halogens is 2. The Balaban J connectivity index is 2.48. The van der Waals surface area contributed by atoms with Gasteiger partial charge < -0.3 is 0 Å². The molecule has 2 aromatic carbocycles. The van der Waals surface area contributed by atoms with Crippen molar-refractivity contribution in [2.75, 3.05) is 0 Å². The Morgan fingerprint density at radius 3 is 2.48 bits per heavy atom. The standard InChI is InChI=1S/C18H16FIN2O/c1-4-16-21-15-9-13(19)14(20)8-12(15)18(23)22(16)17-10(2)6-5-7-11(17)3/h5-9H,4H2,1-3H3. The van der Waals surface area contributed by atoms with Crippen LogP contribution in [0.3, 0.4) is 0 Å². The summed E-state index contributed by atoms with van der Waals surface area (Å²) >= 11 is 1.90. The smallest absolute Gasteiger partial charge is 0.266 e. The van der Waals surface area contributed by atoms with E-state index in [0.717, 1.165) is 16.8 Å². The van der Waals surface area contributed by atoms with Gasteiger partial charge in [0, 0.05) is 16.1 Å². The van der Waals surface area contributed by atoms with Crippen LogP contribution in [0.2, 0.25) is 0 Å². The zero-order chi connectivity index (χ0) is 16.7. The van der Waals surface area contributed by atoms with Crippen molar-refractivity contribution in [1.29, 1.82) is 0 Å². The summed E-state index contributed by atoms with van der Waals surface area (Å²) < 4.78 is 15.9. The van der Waals surface area contributed by atoms with Gasteiger partial charge in [0.1, 0.15) is 11.6 Å². The van der Waals surface area contributed by atoms with Gasteiger partial charge in [0.15, 0.2) is 0 Å². The minimum atomic E-state index is -0.350. The lowest BCUT2D eigenvalue weighted by atomic mass is 10.1. The molecule has 0 aliphatic carbocycles. The van der Waals surface area contributed by atoms with Gasteiger partial charge in [-0.1, -0.05) is 25.1 Å². The summed E-state index contributed by atoms with van der Waals surface area (Å²) in [6.45, 7) is 5.90. The second-order valence-electron chi connectivity index (χ2n) is 5.55. The first-order chi connectivity index (χ1) is 10.9. The topological polar surface area (TPSA) is 34.9 Å². The van der Waals surface area contributed by atoms with E-state index in [4.69, 9.17) is 0 Å². The molecule has 0 fully saturated rings. The molecule has 1 aromatic heterocycles. The molecule has 3 aromatic rings. The van der Waals surface area contributed by atoms with E-state index in [1.54, 1.807) is 10.6 Å². The molecule has 5 heteroatoms. The number of hydrogen-bond donors (Lipinski definition) is 0. The number of aryl methyl sites for hydroxylation is 3. The first-order valence-corrected chi connectivity index (χ1v) is 8.49. The second-order valence-corrected chi connectivity index (χ2v) is 6.71. The Kier molecular flexibility index (Phi) is 4.23. The minimum absolute atomic E-state index is 0.151. The summed E-state index contributed by atoms with van der Waals surface area (Å²) in [4.78, 5) is 17.6. The van der Waals surface area contributed by atoms with E-state index >= 15 is 0 Å². The molecule has 0 aliphatic heterocycles. The number of benzene rings is 2. The predicted molar refractivity (Wildman–Crippen MR) is 98.9 cm³/mol. The zero-order valence-corrected chi connectivity index (χ0v) is 15.3. The highest BCUT2D eigenvalue weighted by atomic mass is 127. The lowest BCUT2D eigenvalue weighted by Crippen LogP contribution is -2.25. The van der Waals surface area contributed by atoms with Crippen molar-refractivity contribution < 1.29 is 4.39 Å². The molecule has 0 bridgehead atoms. The van der Waals surface area contributed by atoms with Crippen molar-refractivity contribution in [3.05, 3.63) is 67.0 Å². The van der Waals surface area contributed by atoms with Gasteiger partial charge in [0.2, 0.25) is 0 Å². The highest BCUT2D eigenvalue weighted by Crippen LogP contribution is 2.22. The first-order valence-electron chi connectivity index (χ1n) is 7.41. The molecule has 3 nitrogen and oxygen atoms in total. The Labute approximate surface area is 147 Å². The van der Waals surface area contributed by atoms with Gasteiger partial charge in [0.05, 0.1) is 16.6 Å². The maximum absolute atomic E-state index is 13.8. The molecule has 0 spiro atoms. The van der Waals surface area contributed by atoms with Crippen LogP contribution in [0.25, 0.3) is 16.6 Å². The minimum Gasteiger partial charge on any atom is -0.268 e. The molecule has 0 radical (unpaired) electrons. The zero-order valence-electron chi connectivity index (χ0n) is 13.2. The summed E-state index contributed by atoms with van der Waals surface area (Å²) in [6, 6.07) is 8.84. The van der Waals surface area contributed by atoms with Crippen LogP contribution >= 0.6 is 22.6 Å². The van der Waals surface area contributed by atoms with Crippen molar-refractivity contribution >= 4 is 33.5 Å². The fourth-order valence-electron chi connectivity index (χ4n) is 2.85. The molecule has 0 saturated heterocycles. The van der Waals surface area contributed by atoms with Gasteiger partial charge >= 0.3 is 0 Å². The molecule has 0 amide bonds. The summed E-state index contributed by atoms with van der Waals surface area (Å²) in [5.41, 5.74) is 3.15. The fourth-order valence-corrected chi connectivity index (χ4v) is 3.32. The Morgan fingerprint density at radius 1 is 1.22 bits per heavy atom. The Hall–Kier alpha value is -1.76. The molecule has 0 aliphatic rings. The fraction of sp³-hybridized carbons (Fsp3) is 0.222. The average Bonchev–Trinajstić information content (AvgIpc) is 2.51. The third-order valence-electron chi connectivity index (χ3n) is 3.96. The lowest BCUT2D eigenvalue weighted by Gasteiger charge is -2.17. The number of para-hydroxylation sites is 1. The van der Waals surface area contributed by atoms with E-state index in [2.05, 4.69) is 4.98 Å². The summed E-state index contributed by atoms with van der Waals surface area (Å²) in [5.74, 6) is 0.289. The van der Waals surface area contributed by atoms with E-state index < -0.39 is 0 Å². The summed E-state index contributed by atoms with van der Waals surface area (Å²) in [5, 5.41) is 0.440. The van der Waals surface area contributed by atoms with Gasteiger partial charge in [0.25, 0.3) is 5.56 Å². The van der Waals surface area contributed by atoms with Crippen LogP contribution in [0.1, 0.15) is 23.9 Å². The maximum atomic E-state index is 13.8. The molecule has 0 N–H and O–H groups in total. The third-order valence-corrected chi connectivity index (χ3v) is 4.79. The SMILES string of the molecule is CCc1nc2cc(F)c(I)cc2c(=O)n1-c1c(C)cccc1C. The quantitative estimate of drug-likeness (QED) is 0.577. The van der Waals surface area contributed by atoms with Crippen LogP contribution < -0.4 is 5.56 Å². The monoisotopic (exact) mass is 422 g/mol. The van der Waals surface area contributed by atoms with Gasteiger partial charge in [-0.05, 0) is 53.6 Å². The van der Waals surface area contributed by atoms with Gasteiger partial charge in [-0.2, -0.15) is 0 Å². The van der Waals surface area contributed by atoms with Crippen LogP contribution in [-0.2, 0) is 6.42 Å².